The molecule has 0 saturated carbocycles. The van der Waals surface area contributed by atoms with Gasteiger partial charge in [0.25, 0.3) is 5.91 Å². The molecule has 0 bridgehead atoms. The molecular formula is C15H32N4O2. The van der Waals surface area contributed by atoms with E-state index in [1.165, 1.54) is 6.42 Å². The van der Waals surface area contributed by atoms with Crippen LogP contribution in [0.5, 0.6) is 0 Å². The van der Waals surface area contributed by atoms with Crippen molar-refractivity contribution in [2.45, 2.75) is 52.2 Å². The van der Waals surface area contributed by atoms with Crippen molar-refractivity contribution < 1.29 is 9.53 Å². The largest absolute Gasteiger partial charge is 0.364 e. The minimum atomic E-state index is -0.366. The number of rotatable bonds is 10. The number of carbonyl (C=O) groups is 1. The fraction of sp³-hybridized carbons (Fsp3) is 0.933. The molecule has 1 aliphatic heterocycles. The zero-order valence-electron chi connectivity index (χ0n) is 13.8. The fourth-order valence-electron chi connectivity index (χ4n) is 2.85. The van der Waals surface area contributed by atoms with Crippen molar-refractivity contribution >= 4 is 5.91 Å². The lowest BCUT2D eigenvalue weighted by atomic mass is 10.2. The number of amides is 1. The van der Waals surface area contributed by atoms with Gasteiger partial charge in [0.05, 0.1) is 6.10 Å². The molecule has 2 unspecified atom stereocenters. The van der Waals surface area contributed by atoms with Crippen LogP contribution in [0.1, 0.15) is 40.0 Å². The van der Waals surface area contributed by atoms with Crippen molar-refractivity contribution in [2.24, 2.45) is 5.84 Å². The van der Waals surface area contributed by atoms with Gasteiger partial charge in [-0.05, 0) is 52.0 Å². The summed E-state index contributed by atoms with van der Waals surface area (Å²) >= 11 is 0. The molecule has 0 radical (unpaired) electrons. The normalized spacial score (nSPS) is 22.2. The number of hydrogen-bond acceptors (Lipinski definition) is 5. The summed E-state index contributed by atoms with van der Waals surface area (Å²) in [4.78, 5) is 16.3. The highest BCUT2D eigenvalue weighted by atomic mass is 16.5. The maximum Gasteiger partial charge on any atom is 0.263 e. The van der Waals surface area contributed by atoms with Gasteiger partial charge in [-0.2, -0.15) is 0 Å². The Hall–Kier alpha value is -0.690. The van der Waals surface area contributed by atoms with Crippen LogP contribution in [-0.4, -0.2) is 67.2 Å². The van der Waals surface area contributed by atoms with E-state index in [1.54, 1.807) is 0 Å². The van der Waals surface area contributed by atoms with Crippen molar-refractivity contribution in [1.29, 1.82) is 0 Å². The lowest BCUT2D eigenvalue weighted by Crippen LogP contribution is -2.40. The number of carbonyl (C=O) groups excluding carboxylic acids is 1. The standard InChI is InChI=1S/C15H32N4O2/c1-4-18(5-2)10-7-11-19(6-3)12-13-8-9-14(21-13)15(20)17-16/h13-14H,4-12,16H2,1-3H3,(H,17,20). The van der Waals surface area contributed by atoms with Crippen LogP contribution in [0.25, 0.3) is 0 Å². The number of nitrogens with zero attached hydrogens (tertiary/aromatic N) is 2. The topological polar surface area (TPSA) is 70.8 Å². The summed E-state index contributed by atoms with van der Waals surface area (Å²) in [5, 5.41) is 0. The van der Waals surface area contributed by atoms with Gasteiger partial charge in [-0.1, -0.05) is 20.8 Å². The first-order valence-electron chi connectivity index (χ1n) is 8.25. The first kappa shape index (κ1) is 18.4. The molecule has 1 aliphatic rings. The van der Waals surface area contributed by atoms with E-state index in [0.29, 0.717) is 0 Å². The maximum atomic E-state index is 11.4. The van der Waals surface area contributed by atoms with E-state index in [2.05, 4.69) is 36.0 Å². The predicted octanol–water partition coefficient (Wildman–Crippen LogP) is 0.578. The van der Waals surface area contributed by atoms with Crippen LogP contribution in [0.3, 0.4) is 0 Å². The number of hydrazine groups is 1. The zero-order chi connectivity index (χ0) is 15.7. The summed E-state index contributed by atoms with van der Waals surface area (Å²) in [6.45, 7) is 13.0. The molecule has 0 spiro atoms. The quantitative estimate of drug-likeness (QED) is 0.351. The van der Waals surface area contributed by atoms with E-state index >= 15 is 0 Å². The van der Waals surface area contributed by atoms with Crippen molar-refractivity contribution in [3.8, 4) is 0 Å². The first-order chi connectivity index (χ1) is 10.1. The number of ether oxygens (including phenoxy) is 1. The second-order valence-corrected chi connectivity index (χ2v) is 5.61. The molecule has 0 aromatic rings. The summed E-state index contributed by atoms with van der Waals surface area (Å²) in [6, 6.07) is 0. The smallest absolute Gasteiger partial charge is 0.263 e. The van der Waals surface area contributed by atoms with Crippen LogP contribution in [0.4, 0.5) is 0 Å². The Balaban J connectivity index is 2.26. The van der Waals surface area contributed by atoms with Gasteiger partial charge in [0.2, 0.25) is 0 Å². The summed E-state index contributed by atoms with van der Waals surface area (Å²) in [5.41, 5.74) is 2.17. The van der Waals surface area contributed by atoms with E-state index in [0.717, 1.165) is 52.1 Å². The average molecular weight is 300 g/mol. The van der Waals surface area contributed by atoms with Gasteiger partial charge in [0.1, 0.15) is 6.10 Å². The molecule has 1 rings (SSSR count). The molecule has 1 saturated heterocycles. The van der Waals surface area contributed by atoms with E-state index < -0.39 is 0 Å². The van der Waals surface area contributed by atoms with Crippen molar-refractivity contribution in [1.82, 2.24) is 15.2 Å². The molecule has 21 heavy (non-hydrogen) atoms. The molecule has 1 heterocycles. The van der Waals surface area contributed by atoms with Gasteiger partial charge in [0, 0.05) is 6.54 Å². The summed E-state index contributed by atoms with van der Waals surface area (Å²) in [7, 11) is 0. The molecule has 6 heteroatoms. The monoisotopic (exact) mass is 300 g/mol. The molecule has 3 N–H and O–H groups in total. The number of likely N-dealkylation sites (N-methyl/N-ethyl adjacent to an activating group) is 1. The van der Waals surface area contributed by atoms with Crippen LogP contribution >= 0.6 is 0 Å². The van der Waals surface area contributed by atoms with Crippen LogP contribution in [0, 0.1) is 0 Å². The minimum absolute atomic E-state index is 0.153. The molecule has 1 fully saturated rings. The van der Waals surface area contributed by atoms with Crippen LogP contribution in [0.15, 0.2) is 0 Å². The number of nitrogens with two attached hydrogens (primary N) is 1. The van der Waals surface area contributed by atoms with Crippen LogP contribution in [0.2, 0.25) is 0 Å². The molecular weight excluding hydrogens is 268 g/mol. The van der Waals surface area contributed by atoms with E-state index in [4.69, 9.17) is 10.6 Å². The van der Waals surface area contributed by atoms with E-state index in [1.807, 2.05) is 0 Å². The van der Waals surface area contributed by atoms with Gasteiger partial charge in [-0.15, -0.1) is 0 Å². The van der Waals surface area contributed by atoms with Gasteiger partial charge in [-0.3, -0.25) is 10.2 Å². The third kappa shape index (κ3) is 6.30. The Morgan fingerprint density at radius 2 is 1.76 bits per heavy atom. The van der Waals surface area contributed by atoms with E-state index in [-0.39, 0.29) is 18.1 Å². The van der Waals surface area contributed by atoms with E-state index in [9.17, 15) is 4.79 Å². The highest BCUT2D eigenvalue weighted by molar-refractivity contribution is 5.80. The SMILES string of the molecule is CCN(CC)CCCN(CC)CC1CCC(C(=O)NN)O1. The number of hydrogen-bond donors (Lipinski definition) is 2. The maximum absolute atomic E-state index is 11.4. The van der Waals surface area contributed by atoms with Crippen molar-refractivity contribution in [3.63, 3.8) is 0 Å². The lowest BCUT2D eigenvalue weighted by molar-refractivity contribution is -0.132. The summed E-state index contributed by atoms with van der Waals surface area (Å²) in [6.07, 6.45) is 2.67. The second-order valence-electron chi connectivity index (χ2n) is 5.61. The Morgan fingerprint density at radius 1 is 1.14 bits per heavy atom. The van der Waals surface area contributed by atoms with Gasteiger partial charge in [-0.25, -0.2) is 5.84 Å². The summed E-state index contributed by atoms with van der Waals surface area (Å²) in [5.74, 6) is 4.94. The summed E-state index contributed by atoms with van der Waals surface area (Å²) < 4.78 is 5.77. The Bertz CT molecular complexity index is 297. The highest BCUT2D eigenvalue weighted by Crippen LogP contribution is 2.20. The predicted molar refractivity (Wildman–Crippen MR) is 84.7 cm³/mol. The molecule has 0 aromatic heterocycles. The van der Waals surface area contributed by atoms with Gasteiger partial charge in [0.15, 0.2) is 0 Å². The van der Waals surface area contributed by atoms with Gasteiger partial charge < -0.3 is 14.5 Å². The van der Waals surface area contributed by atoms with Crippen molar-refractivity contribution in [3.05, 3.63) is 0 Å². The Kier molecular flexibility index (Phi) is 8.84. The molecule has 124 valence electrons. The first-order valence-corrected chi connectivity index (χ1v) is 8.25. The van der Waals surface area contributed by atoms with Crippen LogP contribution < -0.4 is 11.3 Å². The molecule has 6 nitrogen and oxygen atoms in total. The lowest BCUT2D eigenvalue weighted by Gasteiger charge is -2.25. The average Bonchev–Trinajstić information content (AvgIpc) is 2.98. The third-order valence-corrected chi connectivity index (χ3v) is 4.29. The molecule has 0 aliphatic carbocycles. The molecule has 2 atom stereocenters. The second kappa shape index (κ2) is 10.1. The molecule has 1 amide bonds. The van der Waals surface area contributed by atoms with Crippen molar-refractivity contribution in [2.75, 3.05) is 39.3 Å². The Labute approximate surface area is 128 Å². The van der Waals surface area contributed by atoms with Crippen LogP contribution in [-0.2, 0) is 9.53 Å². The third-order valence-electron chi connectivity index (χ3n) is 4.29. The number of nitrogens with one attached hydrogen (secondary N) is 1. The Morgan fingerprint density at radius 3 is 2.33 bits per heavy atom. The highest BCUT2D eigenvalue weighted by Gasteiger charge is 2.30. The van der Waals surface area contributed by atoms with Gasteiger partial charge >= 0.3 is 0 Å². The molecule has 0 aromatic carbocycles. The zero-order valence-corrected chi connectivity index (χ0v) is 13.8. The fourth-order valence-corrected chi connectivity index (χ4v) is 2.85. The minimum Gasteiger partial charge on any atom is -0.364 e.